The molecule has 39 heavy (non-hydrogen) atoms. The molecule has 0 spiro atoms. The van der Waals surface area contributed by atoms with Crippen LogP contribution in [0.5, 0.6) is 6.01 Å². The zero-order chi connectivity index (χ0) is 25.7. The normalized spacial score (nSPS) is 24.6. The molecule has 6 nitrogen and oxygen atoms in total. The fourth-order valence-corrected chi connectivity index (χ4v) is 8.38. The van der Waals surface area contributed by atoms with Crippen molar-refractivity contribution in [3.63, 3.8) is 0 Å². The Kier molecular flexibility index (Phi) is 4.69. The monoisotopic (exact) mass is 521 g/mol. The average molecular weight is 522 g/mol. The smallest absolute Gasteiger partial charge is 0.319 e. The number of aromatic nitrogens is 2. The molecule has 5 aliphatic rings. The summed E-state index contributed by atoms with van der Waals surface area (Å²) in [5, 5.41) is 6.76. The van der Waals surface area contributed by atoms with E-state index in [4.69, 9.17) is 14.7 Å². The van der Waals surface area contributed by atoms with Crippen molar-refractivity contribution in [1.29, 1.82) is 0 Å². The van der Waals surface area contributed by atoms with Crippen LogP contribution in [0.2, 0.25) is 0 Å². The summed E-state index contributed by atoms with van der Waals surface area (Å²) in [6, 6.07) is 15.8. The molecule has 5 heterocycles. The molecule has 198 valence electrons. The number of piperazine rings is 1. The van der Waals surface area contributed by atoms with Gasteiger partial charge in [-0.2, -0.15) is 9.97 Å². The zero-order valence-corrected chi connectivity index (χ0v) is 22.0. The summed E-state index contributed by atoms with van der Waals surface area (Å²) in [5.74, 6) is 0.546. The molecule has 7 heteroatoms. The number of fused-ring (bicyclic) bond motifs is 7. The van der Waals surface area contributed by atoms with Crippen molar-refractivity contribution in [3.05, 3.63) is 48.3 Å². The molecule has 4 saturated heterocycles. The second kappa shape index (κ2) is 8.12. The van der Waals surface area contributed by atoms with E-state index in [-0.39, 0.29) is 11.4 Å². The second-order valence-electron chi connectivity index (χ2n) is 12.3. The third-order valence-corrected chi connectivity index (χ3v) is 10.2. The Morgan fingerprint density at radius 2 is 1.69 bits per heavy atom. The average Bonchev–Trinajstić information content (AvgIpc) is 3.70. The fraction of sp³-hybridized carbons (Fsp3) is 0.438. The summed E-state index contributed by atoms with van der Waals surface area (Å²) in [4.78, 5) is 14.8. The van der Waals surface area contributed by atoms with E-state index in [0.29, 0.717) is 35.8 Å². The van der Waals surface area contributed by atoms with Crippen molar-refractivity contribution >= 4 is 27.5 Å². The van der Waals surface area contributed by atoms with E-state index in [9.17, 15) is 0 Å². The Labute approximate surface area is 227 Å². The summed E-state index contributed by atoms with van der Waals surface area (Å²) in [6.45, 7) is 4.60. The van der Waals surface area contributed by atoms with Crippen molar-refractivity contribution in [2.75, 3.05) is 37.7 Å². The van der Waals surface area contributed by atoms with Gasteiger partial charge in [0.05, 0.1) is 5.54 Å². The topological polar surface area (TPSA) is 53.5 Å². The first-order valence-electron chi connectivity index (χ1n) is 14.6. The number of hydrogen-bond acceptors (Lipinski definition) is 6. The molecule has 9 rings (SSSR count). The second-order valence-corrected chi connectivity index (χ2v) is 12.3. The summed E-state index contributed by atoms with van der Waals surface area (Å²) >= 11 is 0. The van der Waals surface area contributed by atoms with Gasteiger partial charge in [0.1, 0.15) is 17.9 Å². The van der Waals surface area contributed by atoms with Crippen LogP contribution in [0, 0.1) is 5.82 Å². The number of nitrogens with zero attached hydrogens (tertiary/aromatic N) is 4. The molecule has 0 saturated carbocycles. The fourth-order valence-electron chi connectivity index (χ4n) is 8.38. The largest absolute Gasteiger partial charge is 0.461 e. The van der Waals surface area contributed by atoms with Crippen molar-refractivity contribution in [1.82, 2.24) is 20.2 Å². The first-order valence-corrected chi connectivity index (χ1v) is 14.6. The van der Waals surface area contributed by atoms with Crippen LogP contribution >= 0.6 is 0 Å². The van der Waals surface area contributed by atoms with Crippen LogP contribution in [0.15, 0.2) is 42.5 Å². The molecular formula is C32H32FN5O. The molecule has 0 radical (unpaired) electrons. The minimum Gasteiger partial charge on any atom is -0.461 e. The molecule has 2 unspecified atom stereocenters. The molecule has 4 fully saturated rings. The first kappa shape index (κ1) is 22.5. The van der Waals surface area contributed by atoms with E-state index in [0.717, 1.165) is 77.7 Å². The third-order valence-electron chi connectivity index (χ3n) is 10.2. The summed E-state index contributed by atoms with van der Waals surface area (Å²) < 4.78 is 23.2. The van der Waals surface area contributed by atoms with E-state index in [1.807, 2.05) is 12.1 Å². The molecule has 4 aromatic rings. The van der Waals surface area contributed by atoms with Crippen LogP contribution in [-0.4, -0.2) is 65.3 Å². The predicted molar refractivity (Wildman–Crippen MR) is 152 cm³/mol. The number of ether oxygens (including phenoxy) is 1. The van der Waals surface area contributed by atoms with E-state index in [2.05, 4.69) is 45.4 Å². The van der Waals surface area contributed by atoms with Crippen molar-refractivity contribution in [2.24, 2.45) is 0 Å². The molecule has 2 bridgehead atoms. The minimum atomic E-state index is -0.265. The highest BCUT2D eigenvalue weighted by Gasteiger charge is 2.45. The lowest BCUT2D eigenvalue weighted by Crippen LogP contribution is -2.51. The Hall–Kier alpha value is -3.29. The maximum atomic E-state index is 16.7. The molecule has 1 N–H and O–H groups in total. The minimum absolute atomic E-state index is 0.0837. The summed E-state index contributed by atoms with van der Waals surface area (Å²) in [7, 11) is 0. The highest BCUT2D eigenvalue weighted by Crippen LogP contribution is 2.51. The Balaban J connectivity index is 1.21. The van der Waals surface area contributed by atoms with E-state index < -0.39 is 0 Å². The Morgan fingerprint density at radius 3 is 2.46 bits per heavy atom. The number of nitrogens with one attached hydrogen (secondary N) is 1. The highest BCUT2D eigenvalue weighted by atomic mass is 19.1. The van der Waals surface area contributed by atoms with Crippen LogP contribution < -0.4 is 15.0 Å². The Bertz CT molecular complexity index is 1640. The first-order chi connectivity index (χ1) is 19.2. The van der Waals surface area contributed by atoms with Gasteiger partial charge in [-0.05, 0) is 85.1 Å². The standard InChI is InChI=1S/C32H32FN5O/c33-28-27-23-8-2-6-19-5-1-7-22(26(19)23)24(27)15-25-29(28)35-31(39-18-32-11-3-13-38(32)14-4-12-32)36-30(25)37-16-20-9-10-21(17-37)34-20/h1-2,5-8,15,20-21,34H,3-4,9-14,16-18H2. The number of hydrogen-bond donors (Lipinski definition) is 1. The number of anilines is 1. The van der Waals surface area contributed by atoms with Gasteiger partial charge in [0.2, 0.25) is 0 Å². The number of rotatable bonds is 4. The van der Waals surface area contributed by atoms with Crippen molar-refractivity contribution < 1.29 is 9.13 Å². The van der Waals surface area contributed by atoms with E-state index in [1.54, 1.807) is 0 Å². The van der Waals surface area contributed by atoms with Crippen LogP contribution in [0.3, 0.4) is 0 Å². The molecule has 4 aliphatic heterocycles. The van der Waals surface area contributed by atoms with Gasteiger partial charge in [0, 0.05) is 36.1 Å². The van der Waals surface area contributed by atoms with Crippen LogP contribution in [0.1, 0.15) is 38.5 Å². The van der Waals surface area contributed by atoms with Gasteiger partial charge in [-0.1, -0.05) is 36.4 Å². The quantitative estimate of drug-likeness (QED) is 0.336. The molecule has 1 aromatic heterocycles. The van der Waals surface area contributed by atoms with Gasteiger partial charge in [-0.3, -0.25) is 4.90 Å². The van der Waals surface area contributed by atoms with Gasteiger partial charge in [0.25, 0.3) is 0 Å². The van der Waals surface area contributed by atoms with Crippen LogP contribution in [-0.2, 0) is 0 Å². The van der Waals surface area contributed by atoms with Gasteiger partial charge in [-0.25, -0.2) is 4.39 Å². The number of halogens is 1. The molecule has 3 aromatic carbocycles. The van der Waals surface area contributed by atoms with Crippen LogP contribution in [0.25, 0.3) is 43.9 Å². The SMILES string of the molecule is Fc1c2c(cc3c(N4CC5CCC(C4)N5)nc(OCC45CCCN4CCC5)nc13)-c1cccc3cccc-2c13. The predicted octanol–water partition coefficient (Wildman–Crippen LogP) is 5.52. The highest BCUT2D eigenvalue weighted by molar-refractivity contribution is 6.17. The Morgan fingerprint density at radius 1 is 0.949 bits per heavy atom. The lowest BCUT2D eigenvalue weighted by molar-refractivity contribution is 0.108. The number of benzene rings is 3. The maximum absolute atomic E-state index is 16.7. The molecule has 2 atom stereocenters. The molecule has 0 amide bonds. The van der Waals surface area contributed by atoms with E-state index in [1.165, 1.54) is 25.7 Å². The molecular weight excluding hydrogens is 489 g/mol. The third kappa shape index (κ3) is 3.20. The zero-order valence-electron chi connectivity index (χ0n) is 22.0. The summed E-state index contributed by atoms with van der Waals surface area (Å²) in [5.41, 5.74) is 4.09. The van der Waals surface area contributed by atoms with Gasteiger partial charge in [0.15, 0.2) is 5.82 Å². The maximum Gasteiger partial charge on any atom is 0.319 e. The lowest BCUT2D eigenvalue weighted by Gasteiger charge is -2.35. The van der Waals surface area contributed by atoms with E-state index >= 15 is 4.39 Å². The van der Waals surface area contributed by atoms with Crippen molar-refractivity contribution in [2.45, 2.75) is 56.1 Å². The lowest BCUT2D eigenvalue weighted by atomic mass is 9.95. The van der Waals surface area contributed by atoms with Crippen LogP contribution in [0.4, 0.5) is 10.2 Å². The van der Waals surface area contributed by atoms with Gasteiger partial charge in [-0.15, -0.1) is 0 Å². The van der Waals surface area contributed by atoms with Crippen molar-refractivity contribution in [3.8, 4) is 28.3 Å². The van der Waals surface area contributed by atoms with Gasteiger partial charge < -0.3 is 15.0 Å². The molecule has 1 aliphatic carbocycles. The summed E-state index contributed by atoms with van der Waals surface area (Å²) in [6.07, 6.45) is 7.07. The van der Waals surface area contributed by atoms with Gasteiger partial charge >= 0.3 is 6.01 Å².